The van der Waals surface area contributed by atoms with Crippen LogP contribution in [0.1, 0.15) is 34.5 Å². The van der Waals surface area contributed by atoms with E-state index in [1.807, 2.05) is 12.4 Å². The minimum Gasteiger partial charge on any atom is -0.341 e. The quantitative estimate of drug-likeness (QED) is 0.681. The Labute approximate surface area is 148 Å². The minimum atomic E-state index is 0.386. The van der Waals surface area contributed by atoms with Crippen LogP contribution >= 0.6 is 0 Å². The fourth-order valence-electron chi connectivity index (χ4n) is 4.78. The summed E-state index contributed by atoms with van der Waals surface area (Å²) >= 11 is 0. The second-order valence-corrected chi connectivity index (χ2v) is 7.67. The molecule has 1 aromatic carbocycles. The number of likely N-dealkylation sites (N-methyl/N-ethyl adjacent to an activating group) is 2. The lowest BCUT2D eigenvalue weighted by molar-refractivity contribution is 0.0804. The summed E-state index contributed by atoms with van der Waals surface area (Å²) in [7, 11) is 4.52. The van der Waals surface area contributed by atoms with E-state index >= 15 is 0 Å². The van der Waals surface area contributed by atoms with Gasteiger partial charge >= 0.3 is 0 Å². The summed E-state index contributed by atoms with van der Waals surface area (Å²) in [6.45, 7) is 5.33. The number of pyridine rings is 1. The van der Waals surface area contributed by atoms with Gasteiger partial charge in [-0.1, -0.05) is 11.6 Å². The van der Waals surface area contributed by atoms with Crippen LogP contribution in [0.3, 0.4) is 0 Å². The van der Waals surface area contributed by atoms with Crippen molar-refractivity contribution in [1.29, 1.82) is 0 Å². The molecule has 0 radical (unpaired) electrons. The first-order valence-corrected chi connectivity index (χ1v) is 9.05. The van der Waals surface area contributed by atoms with Crippen LogP contribution in [0.25, 0.3) is 10.9 Å². The van der Waals surface area contributed by atoms with Gasteiger partial charge in [0, 0.05) is 48.6 Å². The molecule has 0 amide bonds. The number of nitrogens with zero attached hydrogens (tertiary/aromatic N) is 4. The van der Waals surface area contributed by atoms with Gasteiger partial charge in [-0.2, -0.15) is 0 Å². The van der Waals surface area contributed by atoms with Gasteiger partial charge in [-0.05, 0) is 56.4 Å². The highest BCUT2D eigenvalue weighted by atomic mass is 15.3. The standard InChI is InChI=1S/C21H24N4/c1-14-4-5-18-16(10-14)17-11-23(2)12-20-21(17)25(18)13-19(24(20)3)15-6-8-22-9-7-15/h4-10,19-20H,11-13H2,1-3H3. The van der Waals surface area contributed by atoms with Crippen LogP contribution in [0.4, 0.5) is 0 Å². The largest absolute Gasteiger partial charge is 0.341 e. The average molecular weight is 332 g/mol. The lowest BCUT2D eigenvalue weighted by Gasteiger charge is -2.45. The molecule has 0 N–H and O–H groups in total. The van der Waals surface area contributed by atoms with Gasteiger partial charge in [0.25, 0.3) is 0 Å². The molecule has 4 nitrogen and oxygen atoms in total. The van der Waals surface area contributed by atoms with E-state index in [0.29, 0.717) is 12.1 Å². The molecule has 128 valence electrons. The molecule has 0 aliphatic carbocycles. The number of aromatic nitrogens is 2. The molecular formula is C21H24N4. The predicted molar refractivity (Wildman–Crippen MR) is 100 cm³/mol. The van der Waals surface area contributed by atoms with Crippen LogP contribution in [0, 0.1) is 6.92 Å². The number of aryl methyl sites for hydroxylation is 1. The molecule has 0 fully saturated rings. The zero-order valence-electron chi connectivity index (χ0n) is 15.1. The summed E-state index contributed by atoms with van der Waals surface area (Å²) in [6, 6.07) is 12.1. The van der Waals surface area contributed by atoms with Crippen molar-refractivity contribution >= 4 is 10.9 Å². The molecule has 2 aromatic heterocycles. The van der Waals surface area contributed by atoms with Crippen molar-refractivity contribution in [3.8, 4) is 0 Å². The summed E-state index contributed by atoms with van der Waals surface area (Å²) < 4.78 is 2.59. The van der Waals surface area contributed by atoms with Crippen molar-refractivity contribution in [2.45, 2.75) is 32.1 Å². The van der Waals surface area contributed by atoms with E-state index in [1.54, 1.807) is 0 Å². The topological polar surface area (TPSA) is 24.3 Å². The first-order chi connectivity index (χ1) is 12.1. The van der Waals surface area contributed by atoms with Gasteiger partial charge in [-0.15, -0.1) is 0 Å². The third-order valence-electron chi connectivity index (χ3n) is 6.03. The highest BCUT2D eigenvalue weighted by Crippen LogP contribution is 2.44. The van der Waals surface area contributed by atoms with Crippen molar-refractivity contribution in [2.75, 3.05) is 20.6 Å². The molecule has 4 heteroatoms. The highest BCUT2D eigenvalue weighted by molar-refractivity contribution is 5.87. The van der Waals surface area contributed by atoms with Gasteiger partial charge in [-0.3, -0.25) is 9.88 Å². The van der Waals surface area contributed by atoms with Gasteiger partial charge in [-0.25, -0.2) is 0 Å². The molecule has 3 aromatic rings. The van der Waals surface area contributed by atoms with Gasteiger partial charge in [0.15, 0.2) is 0 Å². The second-order valence-electron chi connectivity index (χ2n) is 7.67. The maximum atomic E-state index is 4.20. The average Bonchev–Trinajstić information content (AvgIpc) is 2.92. The Balaban J connectivity index is 1.74. The van der Waals surface area contributed by atoms with E-state index in [9.17, 15) is 0 Å². The number of benzene rings is 1. The minimum absolute atomic E-state index is 0.386. The van der Waals surface area contributed by atoms with Crippen LogP contribution in [-0.4, -0.2) is 40.0 Å². The molecular weight excluding hydrogens is 308 g/mol. The fraction of sp³-hybridized carbons (Fsp3) is 0.381. The van der Waals surface area contributed by atoms with Gasteiger partial charge in [0.05, 0.1) is 12.1 Å². The smallest absolute Gasteiger partial charge is 0.0635 e. The molecule has 2 unspecified atom stereocenters. The molecule has 0 saturated heterocycles. The zero-order valence-corrected chi connectivity index (χ0v) is 15.1. The predicted octanol–water partition coefficient (Wildman–Crippen LogP) is 3.52. The summed E-state index contributed by atoms with van der Waals surface area (Å²) in [5.41, 5.74) is 7.15. The number of fused-ring (bicyclic) bond motifs is 3. The molecule has 25 heavy (non-hydrogen) atoms. The van der Waals surface area contributed by atoms with E-state index in [-0.39, 0.29) is 0 Å². The van der Waals surface area contributed by atoms with Crippen molar-refractivity contribution in [1.82, 2.24) is 19.4 Å². The monoisotopic (exact) mass is 332 g/mol. The summed E-state index contributed by atoms with van der Waals surface area (Å²) in [5, 5.41) is 1.44. The molecule has 2 aliphatic rings. The third kappa shape index (κ3) is 2.17. The fourth-order valence-corrected chi connectivity index (χ4v) is 4.78. The Morgan fingerprint density at radius 1 is 1.00 bits per heavy atom. The third-order valence-corrected chi connectivity index (χ3v) is 6.03. The molecule has 0 bridgehead atoms. The summed E-state index contributed by atoms with van der Waals surface area (Å²) in [4.78, 5) is 9.23. The van der Waals surface area contributed by atoms with Crippen LogP contribution in [-0.2, 0) is 13.1 Å². The highest BCUT2D eigenvalue weighted by Gasteiger charge is 2.39. The van der Waals surface area contributed by atoms with Crippen LogP contribution in [0.2, 0.25) is 0 Å². The molecule has 2 atom stereocenters. The Kier molecular flexibility index (Phi) is 3.27. The van der Waals surface area contributed by atoms with E-state index in [0.717, 1.165) is 19.6 Å². The Morgan fingerprint density at radius 3 is 2.60 bits per heavy atom. The van der Waals surface area contributed by atoms with Crippen molar-refractivity contribution in [3.63, 3.8) is 0 Å². The van der Waals surface area contributed by atoms with Crippen LogP contribution in [0.15, 0.2) is 42.7 Å². The first-order valence-electron chi connectivity index (χ1n) is 9.05. The van der Waals surface area contributed by atoms with Crippen LogP contribution in [0.5, 0.6) is 0 Å². The lowest BCUT2D eigenvalue weighted by Crippen LogP contribution is -2.45. The number of hydrogen-bond donors (Lipinski definition) is 0. The SMILES string of the molecule is Cc1ccc2c(c1)c1c3n2CC(c2ccncc2)N(C)C3CN(C)C1. The first kappa shape index (κ1) is 15.1. The number of hydrogen-bond acceptors (Lipinski definition) is 3. The lowest BCUT2D eigenvalue weighted by atomic mass is 9.94. The van der Waals surface area contributed by atoms with E-state index < -0.39 is 0 Å². The Hall–Kier alpha value is -2.17. The van der Waals surface area contributed by atoms with Crippen LogP contribution < -0.4 is 0 Å². The molecule has 0 saturated carbocycles. The van der Waals surface area contributed by atoms with E-state index in [4.69, 9.17) is 0 Å². The van der Waals surface area contributed by atoms with E-state index in [1.165, 1.54) is 33.3 Å². The normalized spacial score (nSPS) is 23.8. The van der Waals surface area contributed by atoms with Crippen molar-refractivity contribution < 1.29 is 0 Å². The Morgan fingerprint density at radius 2 is 1.80 bits per heavy atom. The molecule has 5 rings (SSSR count). The van der Waals surface area contributed by atoms with Gasteiger partial charge < -0.3 is 9.47 Å². The maximum Gasteiger partial charge on any atom is 0.0635 e. The van der Waals surface area contributed by atoms with Crippen molar-refractivity contribution in [3.05, 3.63) is 65.1 Å². The second kappa shape index (κ2) is 5.41. The molecule has 2 aliphatic heterocycles. The summed E-state index contributed by atoms with van der Waals surface area (Å²) in [6.07, 6.45) is 3.82. The zero-order chi connectivity index (χ0) is 17.1. The summed E-state index contributed by atoms with van der Waals surface area (Å²) in [5.74, 6) is 0. The van der Waals surface area contributed by atoms with Gasteiger partial charge in [0.2, 0.25) is 0 Å². The van der Waals surface area contributed by atoms with Crippen molar-refractivity contribution in [2.24, 2.45) is 0 Å². The number of rotatable bonds is 1. The molecule has 0 spiro atoms. The Bertz CT molecular complexity index is 943. The van der Waals surface area contributed by atoms with E-state index in [2.05, 4.69) is 70.7 Å². The molecule has 4 heterocycles. The maximum absolute atomic E-state index is 4.20. The van der Waals surface area contributed by atoms with Gasteiger partial charge in [0.1, 0.15) is 0 Å².